The highest BCUT2D eigenvalue weighted by atomic mass is 32.2. The van der Waals surface area contributed by atoms with Gasteiger partial charge in [0, 0.05) is 16.6 Å². The summed E-state index contributed by atoms with van der Waals surface area (Å²) in [5, 5.41) is 5.67. The molecule has 168 valence electrons. The van der Waals surface area contributed by atoms with Gasteiger partial charge in [0.1, 0.15) is 10.6 Å². The molecule has 0 saturated carbocycles. The van der Waals surface area contributed by atoms with Gasteiger partial charge in [-0.05, 0) is 42.0 Å². The molecule has 1 amide bonds. The Hall–Kier alpha value is -3.75. The standard InChI is InChI=1S/C26H18FN3O2S2/c27-18-11-13-19(14-12-18)28-22(31)16-34-26-29-24-23(21(15-33-24)17-7-3-1-4-8-17)25(32)30(26)20-9-5-2-6-10-20/h1-15H,16H2,(H,28,31). The maximum atomic E-state index is 13.8. The second kappa shape index (κ2) is 9.62. The Morgan fingerprint density at radius 3 is 2.35 bits per heavy atom. The number of nitrogens with one attached hydrogen (secondary N) is 1. The summed E-state index contributed by atoms with van der Waals surface area (Å²) in [7, 11) is 0. The normalized spacial score (nSPS) is 11.0. The fourth-order valence-electron chi connectivity index (χ4n) is 3.56. The van der Waals surface area contributed by atoms with Gasteiger partial charge < -0.3 is 5.32 Å². The smallest absolute Gasteiger partial charge is 0.268 e. The number of thiophene rings is 1. The predicted molar refractivity (Wildman–Crippen MR) is 136 cm³/mol. The van der Waals surface area contributed by atoms with E-state index in [0.717, 1.165) is 11.1 Å². The van der Waals surface area contributed by atoms with Crippen LogP contribution in [0.3, 0.4) is 0 Å². The average Bonchev–Trinajstić information content (AvgIpc) is 3.30. The summed E-state index contributed by atoms with van der Waals surface area (Å²) in [6.07, 6.45) is 0. The first-order chi connectivity index (χ1) is 16.6. The van der Waals surface area contributed by atoms with E-state index in [2.05, 4.69) is 5.32 Å². The van der Waals surface area contributed by atoms with E-state index in [4.69, 9.17) is 4.98 Å². The lowest BCUT2D eigenvalue weighted by Gasteiger charge is -2.13. The van der Waals surface area contributed by atoms with Crippen LogP contribution in [0, 0.1) is 5.82 Å². The van der Waals surface area contributed by atoms with E-state index in [9.17, 15) is 14.0 Å². The molecule has 2 heterocycles. The van der Waals surface area contributed by atoms with Crippen molar-refractivity contribution in [2.75, 3.05) is 11.1 Å². The van der Waals surface area contributed by atoms with Gasteiger partial charge >= 0.3 is 0 Å². The number of aromatic nitrogens is 2. The molecule has 0 unspecified atom stereocenters. The second-order valence-corrected chi connectivity index (χ2v) is 9.21. The lowest BCUT2D eigenvalue weighted by Crippen LogP contribution is -2.22. The highest BCUT2D eigenvalue weighted by Gasteiger charge is 2.19. The number of hydrogen-bond donors (Lipinski definition) is 1. The Balaban J connectivity index is 1.53. The van der Waals surface area contributed by atoms with Gasteiger partial charge in [0.15, 0.2) is 5.16 Å². The Bertz CT molecular complexity index is 1520. The molecule has 0 radical (unpaired) electrons. The van der Waals surface area contributed by atoms with Crippen LogP contribution in [0.15, 0.2) is 100 Å². The summed E-state index contributed by atoms with van der Waals surface area (Å²) < 4.78 is 14.7. The van der Waals surface area contributed by atoms with Crippen molar-refractivity contribution in [3.8, 4) is 16.8 Å². The number of nitrogens with zero attached hydrogens (tertiary/aromatic N) is 2. The van der Waals surface area contributed by atoms with E-state index in [1.54, 1.807) is 4.57 Å². The van der Waals surface area contributed by atoms with E-state index in [1.165, 1.54) is 47.4 Å². The third-order valence-corrected chi connectivity index (χ3v) is 6.95. The van der Waals surface area contributed by atoms with Gasteiger partial charge in [0.25, 0.3) is 5.56 Å². The number of carbonyl (C=O) groups is 1. The largest absolute Gasteiger partial charge is 0.325 e. The first kappa shape index (κ1) is 22.1. The average molecular weight is 488 g/mol. The Kier molecular flexibility index (Phi) is 6.24. The lowest BCUT2D eigenvalue weighted by molar-refractivity contribution is -0.113. The molecule has 34 heavy (non-hydrogen) atoms. The van der Waals surface area contributed by atoms with E-state index >= 15 is 0 Å². The molecule has 0 aliphatic carbocycles. The van der Waals surface area contributed by atoms with Crippen LogP contribution < -0.4 is 10.9 Å². The fraction of sp³-hybridized carbons (Fsp3) is 0.0385. The van der Waals surface area contributed by atoms with Crippen molar-refractivity contribution in [1.82, 2.24) is 9.55 Å². The quantitative estimate of drug-likeness (QED) is 0.236. The van der Waals surface area contributed by atoms with Crippen molar-refractivity contribution < 1.29 is 9.18 Å². The summed E-state index contributed by atoms with van der Waals surface area (Å²) in [6, 6.07) is 24.6. The lowest BCUT2D eigenvalue weighted by atomic mass is 10.1. The summed E-state index contributed by atoms with van der Waals surface area (Å²) in [6.45, 7) is 0. The molecule has 0 spiro atoms. The second-order valence-electron chi connectivity index (χ2n) is 7.41. The molecule has 8 heteroatoms. The molecule has 5 rings (SSSR count). The van der Waals surface area contributed by atoms with Crippen molar-refractivity contribution in [2.45, 2.75) is 5.16 Å². The molecule has 5 nitrogen and oxygen atoms in total. The molecule has 0 atom stereocenters. The zero-order chi connectivity index (χ0) is 23.5. The first-order valence-corrected chi connectivity index (χ1v) is 12.3. The Morgan fingerprint density at radius 1 is 0.971 bits per heavy atom. The molecule has 0 aliphatic heterocycles. The SMILES string of the molecule is O=C(CSc1nc2scc(-c3ccccc3)c2c(=O)n1-c1ccccc1)Nc1ccc(F)cc1. The van der Waals surface area contributed by atoms with Crippen LogP contribution in [0.1, 0.15) is 0 Å². The summed E-state index contributed by atoms with van der Waals surface area (Å²) in [4.78, 5) is 31.7. The Morgan fingerprint density at radius 2 is 1.65 bits per heavy atom. The number of thioether (sulfide) groups is 1. The minimum atomic E-state index is -0.373. The number of benzene rings is 3. The molecule has 0 bridgehead atoms. The number of amides is 1. The molecule has 5 aromatic rings. The first-order valence-electron chi connectivity index (χ1n) is 10.4. The highest BCUT2D eigenvalue weighted by Crippen LogP contribution is 2.32. The summed E-state index contributed by atoms with van der Waals surface area (Å²) >= 11 is 2.58. The topological polar surface area (TPSA) is 64.0 Å². The van der Waals surface area contributed by atoms with E-state index in [0.29, 0.717) is 26.7 Å². The molecule has 2 aromatic heterocycles. The van der Waals surface area contributed by atoms with Gasteiger partial charge in [-0.15, -0.1) is 11.3 Å². The van der Waals surface area contributed by atoms with Gasteiger partial charge in [0.2, 0.25) is 5.91 Å². The van der Waals surface area contributed by atoms with Crippen molar-refractivity contribution in [2.24, 2.45) is 0 Å². The van der Waals surface area contributed by atoms with Gasteiger partial charge in [0.05, 0.1) is 16.8 Å². The van der Waals surface area contributed by atoms with E-state index in [1.807, 2.05) is 66.0 Å². The van der Waals surface area contributed by atoms with Crippen LogP contribution in [-0.4, -0.2) is 21.2 Å². The summed E-state index contributed by atoms with van der Waals surface area (Å²) in [5.74, 6) is -0.608. The molecule has 1 N–H and O–H groups in total. The third-order valence-electron chi connectivity index (χ3n) is 5.14. The number of fused-ring (bicyclic) bond motifs is 1. The van der Waals surface area contributed by atoms with Gasteiger partial charge in [-0.2, -0.15) is 0 Å². The molecule has 0 aliphatic rings. The number of halogens is 1. The molecule has 0 fully saturated rings. The van der Waals surface area contributed by atoms with E-state index in [-0.39, 0.29) is 23.0 Å². The number of carbonyl (C=O) groups excluding carboxylic acids is 1. The van der Waals surface area contributed by atoms with Crippen LogP contribution in [0.25, 0.3) is 27.0 Å². The number of para-hydroxylation sites is 1. The van der Waals surface area contributed by atoms with Gasteiger partial charge in [-0.3, -0.25) is 14.2 Å². The minimum absolute atomic E-state index is 0.0407. The molecular formula is C26H18FN3O2S2. The van der Waals surface area contributed by atoms with E-state index < -0.39 is 0 Å². The predicted octanol–water partition coefficient (Wildman–Crippen LogP) is 5.98. The van der Waals surface area contributed by atoms with Crippen LogP contribution in [0.2, 0.25) is 0 Å². The van der Waals surface area contributed by atoms with Gasteiger partial charge in [-0.25, -0.2) is 9.37 Å². The number of hydrogen-bond acceptors (Lipinski definition) is 5. The monoisotopic (exact) mass is 487 g/mol. The zero-order valence-electron chi connectivity index (χ0n) is 17.8. The fourth-order valence-corrected chi connectivity index (χ4v) is 5.37. The maximum Gasteiger partial charge on any atom is 0.268 e. The molecular weight excluding hydrogens is 469 g/mol. The van der Waals surface area contributed by atoms with Crippen molar-refractivity contribution in [1.29, 1.82) is 0 Å². The molecule has 3 aromatic carbocycles. The third kappa shape index (κ3) is 4.50. The van der Waals surface area contributed by atoms with Crippen LogP contribution in [-0.2, 0) is 4.79 Å². The van der Waals surface area contributed by atoms with Crippen molar-refractivity contribution >= 4 is 44.9 Å². The van der Waals surface area contributed by atoms with Crippen molar-refractivity contribution in [3.05, 3.63) is 106 Å². The number of anilines is 1. The maximum absolute atomic E-state index is 13.8. The summed E-state index contributed by atoms with van der Waals surface area (Å²) in [5.41, 5.74) is 2.78. The van der Waals surface area contributed by atoms with Crippen LogP contribution in [0.5, 0.6) is 0 Å². The number of rotatable bonds is 6. The minimum Gasteiger partial charge on any atom is -0.325 e. The van der Waals surface area contributed by atoms with Crippen LogP contribution in [0.4, 0.5) is 10.1 Å². The Labute approximate surface area is 202 Å². The highest BCUT2D eigenvalue weighted by molar-refractivity contribution is 7.99. The zero-order valence-corrected chi connectivity index (χ0v) is 19.4. The van der Waals surface area contributed by atoms with Crippen LogP contribution >= 0.6 is 23.1 Å². The van der Waals surface area contributed by atoms with Gasteiger partial charge in [-0.1, -0.05) is 60.3 Å². The van der Waals surface area contributed by atoms with Crippen molar-refractivity contribution in [3.63, 3.8) is 0 Å². The molecule has 0 saturated heterocycles.